The fourth-order valence-corrected chi connectivity index (χ4v) is 3.44. The lowest BCUT2D eigenvalue weighted by Gasteiger charge is -2.23. The fourth-order valence-electron chi connectivity index (χ4n) is 3.44. The zero-order chi connectivity index (χ0) is 19.2. The zero-order valence-electron chi connectivity index (χ0n) is 17.0. The summed E-state index contributed by atoms with van der Waals surface area (Å²) < 4.78 is 7.42. The topological polar surface area (TPSA) is 44.1 Å². The largest absolute Gasteiger partial charge is 0.443 e. The molecular weight excluding hydrogens is 324 g/mol. The lowest BCUT2D eigenvalue weighted by atomic mass is 9.94. The van der Waals surface area contributed by atoms with Crippen LogP contribution in [-0.2, 0) is 4.74 Å². The van der Waals surface area contributed by atoms with Crippen LogP contribution in [0.1, 0.15) is 91.2 Å². The van der Waals surface area contributed by atoms with Crippen LogP contribution in [0.15, 0.2) is 24.5 Å². The lowest BCUT2D eigenvalue weighted by molar-refractivity contribution is 0.0538. The summed E-state index contributed by atoms with van der Waals surface area (Å²) in [6.07, 6.45) is 11.7. The molecule has 0 aromatic carbocycles. The molecule has 2 aromatic rings. The first-order chi connectivity index (χ1) is 12.4. The Morgan fingerprint density at radius 1 is 1.19 bits per heavy atom. The molecule has 26 heavy (non-hydrogen) atoms. The highest BCUT2D eigenvalue weighted by Crippen LogP contribution is 2.31. The minimum Gasteiger partial charge on any atom is -0.443 e. The monoisotopic (exact) mass is 358 g/mol. The Labute approximate surface area is 158 Å². The van der Waals surface area contributed by atoms with Gasteiger partial charge in [0, 0.05) is 17.3 Å². The third-order valence-corrected chi connectivity index (χ3v) is 4.78. The molecule has 2 rings (SSSR count). The summed E-state index contributed by atoms with van der Waals surface area (Å²) >= 11 is 0. The van der Waals surface area contributed by atoms with Crippen LogP contribution in [-0.4, -0.2) is 21.2 Å². The Balaban J connectivity index is 2.29. The molecule has 0 bridgehead atoms. The normalized spacial score (nSPS) is 13.1. The van der Waals surface area contributed by atoms with Crippen LogP contribution in [0.3, 0.4) is 0 Å². The summed E-state index contributed by atoms with van der Waals surface area (Å²) in [5.41, 5.74) is 1.37. The molecule has 0 saturated heterocycles. The molecule has 0 aliphatic rings. The number of carbonyl (C=O) groups is 1. The van der Waals surface area contributed by atoms with Crippen molar-refractivity contribution in [1.29, 1.82) is 0 Å². The molecule has 0 fully saturated rings. The van der Waals surface area contributed by atoms with Gasteiger partial charge in [-0.2, -0.15) is 0 Å². The predicted molar refractivity (Wildman–Crippen MR) is 108 cm³/mol. The summed E-state index contributed by atoms with van der Waals surface area (Å²) in [5.74, 6) is 0.358. The maximum atomic E-state index is 12.9. The first kappa shape index (κ1) is 20.5. The van der Waals surface area contributed by atoms with Gasteiger partial charge in [-0.3, -0.25) is 4.98 Å². The molecule has 0 N–H and O–H groups in total. The number of carbonyl (C=O) groups excluding carboxylic acids is 1. The first-order valence-electron chi connectivity index (χ1n) is 10.1. The van der Waals surface area contributed by atoms with Crippen molar-refractivity contribution < 1.29 is 9.53 Å². The van der Waals surface area contributed by atoms with Crippen LogP contribution >= 0.6 is 0 Å². The molecule has 0 aliphatic heterocycles. The van der Waals surface area contributed by atoms with E-state index in [-0.39, 0.29) is 6.09 Å². The molecule has 2 heterocycles. The second-order valence-electron chi connectivity index (χ2n) is 8.13. The van der Waals surface area contributed by atoms with Crippen molar-refractivity contribution in [3.8, 4) is 0 Å². The van der Waals surface area contributed by atoms with E-state index in [9.17, 15) is 4.79 Å². The quantitative estimate of drug-likeness (QED) is 0.495. The fraction of sp³-hybridized carbons (Fsp3) is 0.636. The van der Waals surface area contributed by atoms with Gasteiger partial charge >= 0.3 is 6.09 Å². The van der Waals surface area contributed by atoms with Gasteiger partial charge in [-0.15, -0.1) is 0 Å². The maximum absolute atomic E-state index is 12.9. The van der Waals surface area contributed by atoms with E-state index in [4.69, 9.17) is 4.74 Å². The van der Waals surface area contributed by atoms with Gasteiger partial charge in [0.1, 0.15) is 5.60 Å². The third-order valence-electron chi connectivity index (χ3n) is 4.78. The summed E-state index contributed by atoms with van der Waals surface area (Å²) in [6.45, 7) is 10.1. The van der Waals surface area contributed by atoms with Gasteiger partial charge in [-0.25, -0.2) is 9.36 Å². The van der Waals surface area contributed by atoms with E-state index in [0.29, 0.717) is 5.92 Å². The average Bonchev–Trinajstić information content (AvgIpc) is 2.96. The van der Waals surface area contributed by atoms with Crippen LogP contribution in [0.25, 0.3) is 10.9 Å². The summed E-state index contributed by atoms with van der Waals surface area (Å²) in [4.78, 5) is 17.1. The van der Waals surface area contributed by atoms with Gasteiger partial charge in [0.25, 0.3) is 0 Å². The number of nitrogens with zero attached hydrogens (tertiary/aromatic N) is 2. The molecule has 4 nitrogen and oxygen atoms in total. The van der Waals surface area contributed by atoms with Crippen LogP contribution in [0.5, 0.6) is 0 Å². The van der Waals surface area contributed by atoms with Gasteiger partial charge in [0.15, 0.2) is 0 Å². The van der Waals surface area contributed by atoms with E-state index >= 15 is 0 Å². The molecule has 0 saturated carbocycles. The van der Waals surface area contributed by atoms with Gasteiger partial charge in [-0.1, -0.05) is 46.0 Å². The number of rotatable bonds is 8. The van der Waals surface area contributed by atoms with E-state index < -0.39 is 5.60 Å². The molecule has 144 valence electrons. The molecule has 0 amide bonds. The number of aromatic nitrogens is 2. The third kappa shape index (κ3) is 5.33. The van der Waals surface area contributed by atoms with E-state index in [2.05, 4.69) is 24.9 Å². The standard InChI is InChI=1S/C22H34N2O2/c1-6-8-9-10-11-12-17(7-2)19-15-18-13-14-23-16-20(18)24(19)21(25)26-22(3,4)5/h13-17H,6-12H2,1-5H3. The van der Waals surface area contributed by atoms with E-state index in [0.717, 1.165) is 29.4 Å². The average molecular weight is 359 g/mol. The molecule has 0 aliphatic carbocycles. The number of unbranched alkanes of at least 4 members (excludes halogenated alkanes) is 4. The minimum atomic E-state index is -0.519. The SMILES string of the molecule is CCCCCCCC(CC)c1cc2ccncc2n1C(=O)OC(C)(C)C. The molecule has 0 radical (unpaired) electrons. The Bertz CT molecular complexity index is 712. The smallest absolute Gasteiger partial charge is 0.419 e. The summed E-state index contributed by atoms with van der Waals surface area (Å²) in [7, 11) is 0. The van der Waals surface area contributed by atoms with Crippen molar-refractivity contribution in [3.05, 3.63) is 30.2 Å². The second kappa shape index (κ2) is 9.20. The minimum absolute atomic E-state index is 0.306. The zero-order valence-corrected chi connectivity index (χ0v) is 17.0. The van der Waals surface area contributed by atoms with Gasteiger partial charge in [0.05, 0.1) is 11.7 Å². The second-order valence-corrected chi connectivity index (χ2v) is 8.13. The van der Waals surface area contributed by atoms with Crippen molar-refractivity contribution in [2.45, 2.75) is 91.1 Å². The Hall–Kier alpha value is -1.84. The van der Waals surface area contributed by atoms with E-state index in [1.165, 1.54) is 32.1 Å². The van der Waals surface area contributed by atoms with Crippen molar-refractivity contribution >= 4 is 17.0 Å². The van der Waals surface area contributed by atoms with Crippen LogP contribution < -0.4 is 0 Å². The number of hydrogen-bond acceptors (Lipinski definition) is 3. The van der Waals surface area contributed by atoms with Crippen molar-refractivity contribution in [2.75, 3.05) is 0 Å². The lowest BCUT2D eigenvalue weighted by Crippen LogP contribution is -2.28. The molecule has 1 atom stereocenters. The molecule has 0 spiro atoms. The van der Waals surface area contributed by atoms with Gasteiger partial charge in [-0.05, 0) is 51.7 Å². The van der Waals surface area contributed by atoms with Gasteiger partial charge in [0.2, 0.25) is 0 Å². The Morgan fingerprint density at radius 3 is 2.58 bits per heavy atom. The molecule has 2 aromatic heterocycles. The van der Waals surface area contributed by atoms with E-state index in [1.807, 2.05) is 26.8 Å². The maximum Gasteiger partial charge on any atom is 0.419 e. The Morgan fingerprint density at radius 2 is 1.92 bits per heavy atom. The van der Waals surface area contributed by atoms with E-state index in [1.54, 1.807) is 17.0 Å². The highest BCUT2D eigenvalue weighted by atomic mass is 16.6. The predicted octanol–water partition coefficient (Wildman–Crippen LogP) is 6.67. The Kier molecular flexibility index (Phi) is 7.24. The first-order valence-corrected chi connectivity index (χ1v) is 10.1. The van der Waals surface area contributed by atoms with Crippen molar-refractivity contribution in [2.24, 2.45) is 0 Å². The molecule has 1 unspecified atom stereocenters. The van der Waals surface area contributed by atoms with Crippen LogP contribution in [0, 0.1) is 0 Å². The number of ether oxygens (including phenoxy) is 1. The molecule has 4 heteroatoms. The number of fused-ring (bicyclic) bond motifs is 1. The van der Waals surface area contributed by atoms with Crippen LogP contribution in [0.2, 0.25) is 0 Å². The molecular formula is C22H34N2O2. The summed E-state index contributed by atoms with van der Waals surface area (Å²) in [6, 6.07) is 4.11. The highest BCUT2D eigenvalue weighted by molar-refractivity contribution is 5.90. The number of pyridine rings is 1. The number of hydrogen-bond donors (Lipinski definition) is 0. The van der Waals surface area contributed by atoms with Crippen molar-refractivity contribution in [3.63, 3.8) is 0 Å². The summed E-state index contributed by atoms with van der Waals surface area (Å²) in [5, 5.41) is 1.05. The highest BCUT2D eigenvalue weighted by Gasteiger charge is 2.25. The van der Waals surface area contributed by atoms with Crippen molar-refractivity contribution in [1.82, 2.24) is 9.55 Å². The van der Waals surface area contributed by atoms with Crippen LogP contribution in [0.4, 0.5) is 4.79 Å². The van der Waals surface area contributed by atoms with Gasteiger partial charge < -0.3 is 4.74 Å².